The molecule has 0 aliphatic rings. The summed E-state index contributed by atoms with van der Waals surface area (Å²) in [7, 11) is 1.70. The zero-order chi connectivity index (χ0) is 13.8. The standard InChI is InChI=1S/C15H21N3O/c1-10(2)12-8-11(4-5-14(12)19-3)15-13(6-7-16)17-9-18-15/h4-5,8-10H,6-7,16H2,1-3H3,(H,17,18). The molecule has 0 spiro atoms. The third-order valence-corrected chi connectivity index (χ3v) is 3.24. The zero-order valence-electron chi connectivity index (χ0n) is 11.7. The number of rotatable bonds is 5. The van der Waals surface area contributed by atoms with Gasteiger partial charge in [-0.1, -0.05) is 13.8 Å². The molecular formula is C15H21N3O. The molecule has 4 heteroatoms. The molecule has 0 aliphatic carbocycles. The third-order valence-electron chi connectivity index (χ3n) is 3.24. The maximum Gasteiger partial charge on any atom is 0.122 e. The van der Waals surface area contributed by atoms with Gasteiger partial charge in [0.1, 0.15) is 5.75 Å². The van der Waals surface area contributed by atoms with E-state index < -0.39 is 0 Å². The van der Waals surface area contributed by atoms with Crippen LogP contribution in [0.3, 0.4) is 0 Å². The molecule has 0 atom stereocenters. The van der Waals surface area contributed by atoms with Crippen molar-refractivity contribution in [1.29, 1.82) is 0 Å². The number of methoxy groups -OCH3 is 1. The van der Waals surface area contributed by atoms with Crippen molar-refractivity contribution in [1.82, 2.24) is 9.97 Å². The lowest BCUT2D eigenvalue weighted by atomic mass is 9.97. The van der Waals surface area contributed by atoms with Crippen LogP contribution in [0.4, 0.5) is 0 Å². The topological polar surface area (TPSA) is 63.9 Å². The normalized spacial score (nSPS) is 11.0. The van der Waals surface area contributed by atoms with Gasteiger partial charge in [-0.25, -0.2) is 4.98 Å². The van der Waals surface area contributed by atoms with Gasteiger partial charge < -0.3 is 15.5 Å². The molecule has 102 valence electrons. The van der Waals surface area contributed by atoms with Gasteiger partial charge in [0.2, 0.25) is 0 Å². The number of imidazole rings is 1. The minimum atomic E-state index is 0.409. The van der Waals surface area contributed by atoms with Crippen LogP contribution in [-0.4, -0.2) is 23.6 Å². The largest absolute Gasteiger partial charge is 0.496 e. The fraction of sp³-hybridized carbons (Fsp3) is 0.400. The Bertz CT molecular complexity index is 546. The number of aromatic nitrogens is 2. The number of benzene rings is 1. The van der Waals surface area contributed by atoms with Crippen molar-refractivity contribution in [2.24, 2.45) is 5.73 Å². The first kappa shape index (κ1) is 13.6. The Morgan fingerprint density at radius 3 is 2.79 bits per heavy atom. The number of nitrogens with zero attached hydrogens (tertiary/aromatic N) is 1. The van der Waals surface area contributed by atoms with E-state index in [4.69, 9.17) is 10.5 Å². The van der Waals surface area contributed by atoms with Crippen molar-refractivity contribution in [2.75, 3.05) is 13.7 Å². The summed E-state index contributed by atoms with van der Waals surface area (Å²) in [6, 6.07) is 6.20. The second kappa shape index (κ2) is 5.89. The molecule has 0 fully saturated rings. The quantitative estimate of drug-likeness (QED) is 0.867. The maximum atomic E-state index is 5.62. The van der Waals surface area contributed by atoms with Gasteiger partial charge in [0.15, 0.2) is 0 Å². The average molecular weight is 259 g/mol. The first-order valence-corrected chi connectivity index (χ1v) is 6.58. The van der Waals surface area contributed by atoms with Crippen molar-refractivity contribution in [2.45, 2.75) is 26.2 Å². The van der Waals surface area contributed by atoms with Crippen LogP contribution < -0.4 is 10.5 Å². The van der Waals surface area contributed by atoms with E-state index in [1.807, 2.05) is 12.1 Å². The van der Waals surface area contributed by atoms with Crippen LogP contribution in [0.15, 0.2) is 24.5 Å². The van der Waals surface area contributed by atoms with Crippen molar-refractivity contribution in [3.8, 4) is 17.0 Å². The van der Waals surface area contributed by atoms with Crippen molar-refractivity contribution >= 4 is 0 Å². The Labute approximate surface area is 114 Å². The number of H-pyrrole nitrogens is 1. The third kappa shape index (κ3) is 2.79. The SMILES string of the molecule is COc1ccc(-c2nc[nH]c2CCN)cc1C(C)C. The van der Waals surface area contributed by atoms with E-state index in [9.17, 15) is 0 Å². The van der Waals surface area contributed by atoms with Crippen LogP contribution in [-0.2, 0) is 6.42 Å². The molecular weight excluding hydrogens is 238 g/mol. The molecule has 1 aromatic heterocycles. The van der Waals surface area contributed by atoms with Crippen molar-refractivity contribution in [3.63, 3.8) is 0 Å². The van der Waals surface area contributed by atoms with Gasteiger partial charge in [-0.15, -0.1) is 0 Å². The first-order chi connectivity index (χ1) is 9.17. The molecule has 1 aromatic carbocycles. The van der Waals surface area contributed by atoms with E-state index >= 15 is 0 Å². The number of ether oxygens (including phenoxy) is 1. The Kier molecular flexibility index (Phi) is 4.22. The van der Waals surface area contributed by atoms with Crippen LogP contribution in [0.5, 0.6) is 5.75 Å². The zero-order valence-corrected chi connectivity index (χ0v) is 11.7. The molecule has 0 radical (unpaired) electrons. The van der Waals surface area contributed by atoms with Gasteiger partial charge in [0.05, 0.1) is 19.1 Å². The summed E-state index contributed by atoms with van der Waals surface area (Å²) in [5.74, 6) is 1.33. The minimum Gasteiger partial charge on any atom is -0.496 e. The molecule has 0 bridgehead atoms. The molecule has 19 heavy (non-hydrogen) atoms. The molecule has 0 saturated heterocycles. The van der Waals surface area contributed by atoms with Crippen molar-refractivity contribution in [3.05, 3.63) is 35.8 Å². The summed E-state index contributed by atoms with van der Waals surface area (Å²) in [5.41, 5.74) is 9.99. The molecule has 2 rings (SSSR count). The lowest BCUT2D eigenvalue weighted by Gasteiger charge is -2.13. The van der Waals surface area contributed by atoms with Crippen LogP contribution in [0.2, 0.25) is 0 Å². The highest BCUT2D eigenvalue weighted by Gasteiger charge is 2.12. The minimum absolute atomic E-state index is 0.409. The average Bonchev–Trinajstić information content (AvgIpc) is 2.86. The molecule has 1 heterocycles. The van der Waals surface area contributed by atoms with E-state index in [-0.39, 0.29) is 0 Å². The Morgan fingerprint density at radius 1 is 1.37 bits per heavy atom. The van der Waals surface area contributed by atoms with E-state index in [1.165, 1.54) is 5.56 Å². The maximum absolute atomic E-state index is 5.62. The summed E-state index contributed by atoms with van der Waals surface area (Å²) in [5, 5.41) is 0. The van der Waals surface area contributed by atoms with Crippen molar-refractivity contribution < 1.29 is 4.74 Å². The molecule has 0 saturated carbocycles. The van der Waals surface area contributed by atoms with Gasteiger partial charge in [-0.2, -0.15) is 0 Å². The number of aromatic amines is 1. The van der Waals surface area contributed by atoms with Gasteiger partial charge in [0.25, 0.3) is 0 Å². The van der Waals surface area contributed by atoms with Crippen LogP contribution in [0.1, 0.15) is 31.0 Å². The van der Waals surface area contributed by atoms with Gasteiger partial charge in [-0.3, -0.25) is 0 Å². The lowest BCUT2D eigenvalue weighted by molar-refractivity contribution is 0.407. The van der Waals surface area contributed by atoms with E-state index in [2.05, 4.69) is 29.9 Å². The first-order valence-electron chi connectivity index (χ1n) is 6.58. The van der Waals surface area contributed by atoms with Gasteiger partial charge in [0, 0.05) is 17.7 Å². The monoisotopic (exact) mass is 259 g/mol. The lowest BCUT2D eigenvalue weighted by Crippen LogP contribution is -2.04. The van der Waals surface area contributed by atoms with E-state index in [0.29, 0.717) is 12.5 Å². The highest BCUT2D eigenvalue weighted by molar-refractivity contribution is 5.64. The van der Waals surface area contributed by atoms with Gasteiger partial charge >= 0.3 is 0 Å². The highest BCUT2D eigenvalue weighted by atomic mass is 16.5. The number of hydrogen-bond acceptors (Lipinski definition) is 3. The van der Waals surface area contributed by atoms with E-state index in [1.54, 1.807) is 13.4 Å². The number of nitrogens with two attached hydrogens (primary N) is 1. The predicted octanol–water partition coefficient (Wildman–Crippen LogP) is 2.71. The second-order valence-electron chi connectivity index (χ2n) is 4.88. The highest BCUT2D eigenvalue weighted by Crippen LogP contribution is 2.31. The molecule has 3 N–H and O–H groups in total. The molecule has 2 aromatic rings. The fourth-order valence-corrected chi connectivity index (χ4v) is 2.24. The Balaban J connectivity index is 2.45. The summed E-state index contributed by atoms with van der Waals surface area (Å²) in [6.07, 6.45) is 2.53. The van der Waals surface area contributed by atoms with Crippen LogP contribution in [0.25, 0.3) is 11.3 Å². The number of hydrogen-bond donors (Lipinski definition) is 2. The van der Waals surface area contributed by atoms with Crippen LogP contribution in [0, 0.1) is 0 Å². The fourth-order valence-electron chi connectivity index (χ4n) is 2.24. The van der Waals surface area contributed by atoms with E-state index in [0.717, 1.165) is 29.1 Å². The Hall–Kier alpha value is -1.81. The molecule has 0 amide bonds. The summed E-state index contributed by atoms with van der Waals surface area (Å²) in [4.78, 5) is 7.57. The smallest absolute Gasteiger partial charge is 0.122 e. The summed E-state index contributed by atoms with van der Waals surface area (Å²) in [6.45, 7) is 4.93. The summed E-state index contributed by atoms with van der Waals surface area (Å²) >= 11 is 0. The molecule has 0 unspecified atom stereocenters. The molecule has 0 aliphatic heterocycles. The predicted molar refractivity (Wildman–Crippen MR) is 77.4 cm³/mol. The summed E-state index contributed by atoms with van der Waals surface area (Å²) < 4.78 is 5.41. The second-order valence-corrected chi connectivity index (χ2v) is 4.88. The number of nitrogens with one attached hydrogen (secondary N) is 1. The van der Waals surface area contributed by atoms with Gasteiger partial charge in [-0.05, 0) is 36.2 Å². The Morgan fingerprint density at radius 2 is 2.16 bits per heavy atom. The molecule has 4 nitrogen and oxygen atoms in total. The van der Waals surface area contributed by atoms with Crippen LogP contribution >= 0.6 is 0 Å².